The van der Waals surface area contributed by atoms with Crippen LogP contribution in [0.15, 0.2) is 29.3 Å². The number of nitrogens with one attached hydrogen (secondary N) is 2. The molecule has 0 aliphatic heterocycles. The van der Waals surface area contributed by atoms with Gasteiger partial charge < -0.3 is 25.2 Å². The van der Waals surface area contributed by atoms with Gasteiger partial charge >= 0.3 is 0 Å². The second kappa shape index (κ2) is 15.0. The van der Waals surface area contributed by atoms with Crippen LogP contribution < -0.4 is 15.4 Å². The van der Waals surface area contributed by atoms with Gasteiger partial charge in [-0.15, -0.1) is 24.0 Å². The van der Waals surface area contributed by atoms with Gasteiger partial charge in [0.15, 0.2) is 5.96 Å². The fourth-order valence-electron chi connectivity index (χ4n) is 2.22. The Hall–Kier alpha value is -1.06. The first-order valence-corrected chi connectivity index (χ1v) is 9.11. The van der Waals surface area contributed by atoms with Gasteiger partial charge in [-0.05, 0) is 51.8 Å². The van der Waals surface area contributed by atoms with Gasteiger partial charge in [-0.25, -0.2) is 0 Å². The van der Waals surface area contributed by atoms with Crippen LogP contribution >= 0.6 is 24.0 Å². The van der Waals surface area contributed by atoms with E-state index >= 15 is 0 Å². The maximum Gasteiger partial charge on any atom is 0.191 e. The second-order valence-corrected chi connectivity index (χ2v) is 5.95. The highest BCUT2D eigenvalue weighted by Crippen LogP contribution is 2.20. The van der Waals surface area contributed by atoms with Crippen LogP contribution in [0.25, 0.3) is 0 Å². The van der Waals surface area contributed by atoms with E-state index < -0.39 is 6.10 Å². The van der Waals surface area contributed by atoms with Crippen LogP contribution in [0.5, 0.6) is 5.75 Å². The zero-order chi connectivity index (χ0) is 18.5. The average molecular weight is 479 g/mol. The van der Waals surface area contributed by atoms with Gasteiger partial charge in [0, 0.05) is 26.3 Å². The largest absolute Gasteiger partial charge is 0.491 e. The number of aliphatic hydroxyl groups is 1. The topological polar surface area (TPSA) is 75.1 Å². The molecule has 7 heteroatoms. The van der Waals surface area contributed by atoms with Crippen molar-refractivity contribution < 1.29 is 14.6 Å². The Bertz CT molecular complexity index is 513. The summed E-state index contributed by atoms with van der Waals surface area (Å²) in [6, 6.07) is 7.53. The molecule has 0 amide bonds. The van der Waals surface area contributed by atoms with E-state index in [1.165, 1.54) is 0 Å². The monoisotopic (exact) mass is 479 g/mol. The molecule has 0 heterocycles. The van der Waals surface area contributed by atoms with E-state index in [4.69, 9.17) is 9.47 Å². The molecule has 1 unspecified atom stereocenters. The van der Waals surface area contributed by atoms with E-state index in [-0.39, 0.29) is 36.6 Å². The Balaban J connectivity index is 0.00000625. The van der Waals surface area contributed by atoms with Crippen LogP contribution in [-0.4, -0.2) is 50.0 Å². The predicted octanol–water partition coefficient (Wildman–Crippen LogP) is 3.11. The van der Waals surface area contributed by atoms with Crippen molar-refractivity contribution in [3.8, 4) is 5.75 Å². The third-order valence-corrected chi connectivity index (χ3v) is 3.34. The molecule has 0 fully saturated rings. The van der Waals surface area contributed by atoms with Crippen molar-refractivity contribution in [3.63, 3.8) is 0 Å². The summed E-state index contributed by atoms with van der Waals surface area (Å²) in [6.07, 6.45) is 0.344. The maximum absolute atomic E-state index is 10.4. The molecular weight excluding hydrogens is 445 g/mol. The normalized spacial score (nSPS) is 12.5. The van der Waals surface area contributed by atoms with Gasteiger partial charge in [0.25, 0.3) is 0 Å². The Kier molecular flexibility index (Phi) is 14.4. The van der Waals surface area contributed by atoms with Gasteiger partial charge in [0.1, 0.15) is 5.75 Å². The summed E-state index contributed by atoms with van der Waals surface area (Å²) in [5.41, 5.74) is 0.800. The van der Waals surface area contributed by atoms with Crippen molar-refractivity contribution in [1.82, 2.24) is 10.6 Å². The Morgan fingerprint density at radius 1 is 1.23 bits per heavy atom. The second-order valence-electron chi connectivity index (χ2n) is 5.95. The van der Waals surface area contributed by atoms with Crippen molar-refractivity contribution in [1.29, 1.82) is 0 Å². The number of rotatable bonds is 11. The van der Waals surface area contributed by atoms with Crippen LogP contribution in [-0.2, 0) is 4.74 Å². The highest BCUT2D eigenvalue weighted by atomic mass is 127. The van der Waals surface area contributed by atoms with Crippen LogP contribution in [0.3, 0.4) is 0 Å². The molecule has 0 bridgehead atoms. The van der Waals surface area contributed by atoms with Crippen LogP contribution in [0, 0.1) is 0 Å². The number of aliphatic imine (C=N–C) groups is 1. The Labute approximate surface area is 174 Å². The lowest BCUT2D eigenvalue weighted by atomic mass is 10.1. The number of benzene rings is 1. The van der Waals surface area contributed by atoms with Gasteiger partial charge in [-0.1, -0.05) is 12.1 Å². The molecule has 26 heavy (non-hydrogen) atoms. The summed E-state index contributed by atoms with van der Waals surface area (Å²) >= 11 is 0. The number of nitrogens with zero attached hydrogens (tertiary/aromatic N) is 1. The highest BCUT2D eigenvalue weighted by Gasteiger charge is 2.09. The number of aliphatic hydroxyl groups excluding tert-OH is 1. The first-order valence-electron chi connectivity index (χ1n) is 9.11. The molecule has 0 saturated heterocycles. The van der Waals surface area contributed by atoms with Gasteiger partial charge in [0.05, 0.1) is 18.8 Å². The standard InChI is InChI=1S/C19H33N3O3.HI/c1-5-20-19(21-11-8-12-24-6-2)22-14-18(23)16-9-7-10-17(13-16)25-15(3)4;/h7,9-10,13,15,18,23H,5-6,8,11-12,14H2,1-4H3,(H2,20,21,22);1H. The third-order valence-electron chi connectivity index (χ3n) is 3.34. The molecule has 3 N–H and O–H groups in total. The minimum absolute atomic E-state index is 0. The minimum Gasteiger partial charge on any atom is -0.491 e. The lowest BCUT2D eigenvalue weighted by molar-refractivity contribution is 0.145. The number of halogens is 1. The summed E-state index contributed by atoms with van der Waals surface area (Å²) in [5.74, 6) is 1.46. The van der Waals surface area contributed by atoms with Crippen molar-refractivity contribution in [2.75, 3.05) is 32.8 Å². The molecule has 0 aliphatic carbocycles. The number of ether oxygens (including phenoxy) is 2. The van der Waals surface area contributed by atoms with E-state index in [2.05, 4.69) is 15.6 Å². The fourth-order valence-corrected chi connectivity index (χ4v) is 2.22. The molecule has 150 valence electrons. The van der Waals surface area contributed by atoms with Gasteiger partial charge in [-0.2, -0.15) is 0 Å². The number of hydrogen-bond donors (Lipinski definition) is 3. The number of guanidine groups is 1. The summed E-state index contributed by atoms with van der Waals surface area (Å²) < 4.78 is 11.0. The van der Waals surface area contributed by atoms with E-state index in [9.17, 15) is 5.11 Å². The fraction of sp³-hybridized carbons (Fsp3) is 0.632. The molecule has 0 aromatic heterocycles. The molecule has 1 rings (SSSR count). The smallest absolute Gasteiger partial charge is 0.191 e. The molecule has 1 aromatic rings. The molecule has 0 radical (unpaired) electrons. The van der Waals surface area contributed by atoms with E-state index in [0.29, 0.717) is 5.96 Å². The van der Waals surface area contributed by atoms with Crippen LogP contribution in [0.1, 0.15) is 45.8 Å². The van der Waals surface area contributed by atoms with Crippen LogP contribution in [0.4, 0.5) is 0 Å². The Morgan fingerprint density at radius 2 is 2.00 bits per heavy atom. The Morgan fingerprint density at radius 3 is 2.65 bits per heavy atom. The molecule has 0 spiro atoms. The third kappa shape index (κ3) is 10.8. The summed E-state index contributed by atoms with van der Waals surface area (Å²) in [5, 5.41) is 16.8. The molecule has 1 aromatic carbocycles. The molecular formula is C19H34IN3O3. The average Bonchev–Trinajstić information content (AvgIpc) is 2.58. The van der Waals surface area contributed by atoms with Crippen molar-refractivity contribution in [2.45, 2.75) is 46.3 Å². The summed E-state index contributed by atoms with van der Waals surface area (Å²) in [6.45, 7) is 11.3. The maximum atomic E-state index is 10.4. The van der Waals surface area contributed by atoms with Crippen LogP contribution in [0.2, 0.25) is 0 Å². The van der Waals surface area contributed by atoms with E-state index in [1.54, 1.807) is 0 Å². The lowest BCUT2D eigenvalue weighted by Gasteiger charge is -2.15. The molecule has 6 nitrogen and oxygen atoms in total. The minimum atomic E-state index is -0.672. The first kappa shape index (κ1) is 24.9. The van der Waals surface area contributed by atoms with E-state index in [1.807, 2.05) is 52.0 Å². The van der Waals surface area contributed by atoms with Gasteiger partial charge in [0.2, 0.25) is 0 Å². The van der Waals surface area contributed by atoms with Gasteiger partial charge in [-0.3, -0.25) is 4.99 Å². The summed E-state index contributed by atoms with van der Waals surface area (Å²) in [7, 11) is 0. The zero-order valence-electron chi connectivity index (χ0n) is 16.3. The van der Waals surface area contributed by atoms with Crippen molar-refractivity contribution in [3.05, 3.63) is 29.8 Å². The van der Waals surface area contributed by atoms with Crippen molar-refractivity contribution in [2.24, 2.45) is 4.99 Å². The van der Waals surface area contributed by atoms with E-state index in [0.717, 1.165) is 44.0 Å². The number of hydrogen-bond acceptors (Lipinski definition) is 4. The first-order chi connectivity index (χ1) is 12.1. The zero-order valence-corrected chi connectivity index (χ0v) is 18.7. The quantitative estimate of drug-likeness (QED) is 0.197. The highest BCUT2D eigenvalue weighted by molar-refractivity contribution is 14.0. The summed E-state index contributed by atoms with van der Waals surface area (Å²) in [4.78, 5) is 4.46. The predicted molar refractivity (Wildman–Crippen MR) is 118 cm³/mol. The molecule has 0 saturated carbocycles. The lowest BCUT2D eigenvalue weighted by Crippen LogP contribution is -2.38. The SMILES string of the molecule is CCNC(=NCC(O)c1cccc(OC(C)C)c1)NCCCOCC.I. The molecule has 1 atom stereocenters. The molecule has 0 aliphatic rings. The van der Waals surface area contributed by atoms with Crippen molar-refractivity contribution >= 4 is 29.9 Å².